The number of aromatic amines is 1. The van der Waals surface area contributed by atoms with Crippen LogP contribution in [-0.4, -0.2) is 23.1 Å². The van der Waals surface area contributed by atoms with Gasteiger partial charge in [0.1, 0.15) is 5.65 Å². The molecule has 1 saturated heterocycles. The van der Waals surface area contributed by atoms with E-state index < -0.39 is 0 Å². The van der Waals surface area contributed by atoms with Crippen molar-refractivity contribution in [1.29, 1.82) is 0 Å². The molecular formula is C13H17Cl2N3O. The molecule has 0 amide bonds. The molecule has 0 atom stereocenters. The monoisotopic (exact) mass is 301 g/mol. The molecule has 1 aliphatic rings. The lowest BCUT2D eigenvalue weighted by atomic mass is 9.91. The Balaban J connectivity index is 0.000000902. The summed E-state index contributed by atoms with van der Waals surface area (Å²) in [7, 11) is 0. The first-order valence-electron chi connectivity index (χ1n) is 6.03. The fourth-order valence-electron chi connectivity index (χ4n) is 2.49. The van der Waals surface area contributed by atoms with Gasteiger partial charge >= 0.3 is 0 Å². The van der Waals surface area contributed by atoms with Gasteiger partial charge in [-0.25, -0.2) is 4.98 Å². The number of piperidine rings is 1. The molecule has 3 heterocycles. The van der Waals surface area contributed by atoms with Gasteiger partial charge in [0.2, 0.25) is 0 Å². The van der Waals surface area contributed by atoms with E-state index in [0.717, 1.165) is 36.9 Å². The Morgan fingerprint density at radius 3 is 2.68 bits per heavy atom. The minimum atomic E-state index is 0. The van der Waals surface area contributed by atoms with Crippen molar-refractivity contribution in [1.82, 2.24) is 15.3 Å². The van der Waals surface area contributed by atoms with E-state index in [0.29, 0.717) is 11.6 Å². The summed E-state index contributed by atoms with van der Waals surface area (Å²) in [5, 5.41) is 4.33. The largest absolute Gasteiger partial charge is 0.317 e. The van der Waals surface area contributed by atoms with E-state index in [1.165, 1.54) is 0 Å². The molecule has 0 radical (unpaired) electrons. The maximum absolute atomic E-state index is 12.0. The molecule has 1 fully saturated rings. The van der Waals surface area contributed by atoms with E-state index in [4.69, 9.17) is 0 Å². The van der Waals surface area contributed by atoms with E-state index in [2.05, 4.69) is 15.3 Å². The van der Waals surface area contributed by atoms with E-state index in [1.54, 1.807) is 6.20 Å². The number of rotatable bonds is 1. The van der Waals surface area contributed by atoms with Gasteiger partial charge in [0, 0.05) is 17.1 Å². The van der Waals surface area contributed by atoms with Gasteiger partial charge in [-0.3, -0.25) is 4.79 Å². The van der Waals surface area contributed by atoms with Gasteiger partial charge in [0.25, 0.3) is 5.56 Å². The summed E-state index contributed by atoms with van der Waals surface area (Å²) >= 11 is 0. The van der Waals surface area contributed by atoms with Crippen molar-refractivity contribution in [2.24, 2.45) is 0 Å². The average molecular weight is 302 g/mol. The molecule has 2 aromatic heterocycles. The number of H-pyrrole nitrogens is 1. The highest BCUT2D eigenvalue weighted by molar-refractivity contribution is 5.85. The second-order valence-corrected chi connectivity index (χ2v) is 4.52. The molecular weight excluding hydrogens is 285 g/mol. The maximum Gasteiger partial charge on any atom is 0.253 e. The molecule has 0 bridgehead atoms. The zero-order chi connectivity index (χ0) is 11.7. The van der Waals surface area contributed by atoms with Gasteiger partial charge in [-0.05, 0) is 50.0 Å². The number of nitrogens with zero attached hydrogens (tertiary/aromatic N) is 1. The van der Waals surface area contributed by atoms with Crippen molar-refractivity contribution in [2.75, 3.05) is 13.1 Å². The van der Waals surface area contributed by atoms with Crippen LogP contribution in [0.4, 0.5) is 0 Å². The Morgan fingerprint density at radius 2 is 1.95 bits per heavy atom. The molecule has 4 nitrogen and oxygen atoms in total. The van der Waals surface area contributed by atoms with Crippen molar-refractivity contribution < 1.29 is 0 Å². The molecule has 19 heavy (non-hydrogen) atoms. The molecule has 0 aromatic carbocycles. The fourth-order valence-corrected chi connectivity index (χ4v) is 2.49. The topological polar surface area (TPSA) is 57.8 Å². The predicted octanol–water partition coefficient (Wildman–Crippen LogP) is 2.23. The van der Waals surface area contributed by atoms with E-state index in [-0.39, 0.29) is 30.4 Å². The number of hydrogen-bond donors (Lipinski definition) is 2. The molecule has 104 valence electrons. The number of fused-ring (bicyclic) bond motifs is 1. The summed E-state index contributed by atoms with van der Waals surface area (Å²) in [5.74, 6) is 0.379. The summed E-state index contributed by atoms with van der Waals surface area (Å²) in [6.45, 7) is 1.99. The SMILES string of the molecule is Cl.Cl.O=c1[nH]c2ncccc2cc1C1CCNCC1. The Hall–Kier alpha value is -1.10. The van der Waals surface area contributed by atoms with Crippen LogP contribution in [-0.2, 0) is 0 Å². The van der Waals surface area contributed by atoms with Gasteiger partial charge in [-0.1, -0.05) is 0 Å². The number of nitrogens with one attached hydrogen (secondary N) is 2. The minimum absolute atomic E-state index is 0. The smallest absolute Gasteiger partial charge is 0.253 e. The van der Waals surface area contributed by atoms with Crippen LogP contribution in [0.5, 0.6) is 0 Å². The average Bonchev–Trinajstić information content (AvgIpc) is 2.39. The normalized spacial score (nSPS) is 15.6. The maximum atomic E-state index is 12.0. The second-order valence-electron chi connectivity index (χ2n) is 4.52. The third-order valence-corrected chi connectivity index (χ3v) is 3.42. The van der Waals surface area contributed by atoms with Crippen molar-refractivity contribution >= 4 is 35.8 Å². The van der Waals surface area contributed by atoms with Gasteiger partial charge in [-0.2, -0.15) is 0 Å². The predicted molar refractivity (Wildman–Crippen MR) is 81.7 cm³/mol. The fraction of sp³-hybridized carbons (Fsp3) is 0.385. The standard InChI is InChI=1S/C13H15N3O.2ClH/c17-13-11(9-3-6-14-7-4-9)8-10-2-1-5-15-12(10)16-13;;/h1-2,5,8-9,14H,3-4,6-7H2,(H,15,16,17);2*1H. The second kappa shape index (κ2) is 6.89. The van der Waals surface area contributed by atoms with E-state index >= 15 is 0 Å². The molecule has 0 saturated carbocycles. The van der Waals surface area contributed by atoms with E-state index in [1.807, 2.05) is 18.2 Å². The first-order valence-corrected chi connectivity index (χ1v) is 6.03. The highest BCUT2D eigenvalue weighted by atomic mass is 35.5. The molecule has 0 unspecified atom stereocenters. The van der Waals surface area contributed by atoms with Crippen molar-refractivity contribution in [3.8, 4) is 0 Å². The van der Waals surface area contributed by atoms with Gasteiger partial charge in [0.05, 0.1) is 0 Å². The van der Waals surface area contributed by atoms with Crippen LogP contribution in [0.25, 0.3) is 11.0 Å². The van der Waals surface area contributed by atoms with Crippen molar-refractivity contribution in [3.05, 3.63) is 40.3 Å². The Morgan fingerprint density at radius 1 is 1.21 bits per heavy atom. The molecule has 1 aliphatic heterocycles. The van der Waals surface area contributed by atoms with Gasteiger partial charge in [0.15, 0.2) is 0 Å². The third-order valence-electron chi connectivity index (χ3n) is 3.42. The van der Waals surface area contributed by atoms with Gasteiger partial charge in [-0.15, -0.1) is 24.8 Å². The summed E-state index contributed by atoms with van der Waals surface area (Å²) in [4.78, 5) is 19.0. The quantitative estimate of drug-likeness (QED) is 0.849. The number of aromatic nitrogens is 2. The van der Waals surface area contributed by atoms with Crippen LogP contribution in [0.15, 0.2) is 29.2 Å². The summed E-state index contributed by atoms with van der Waals surface area (Å²) < 4.78 is 0. The minimum Gasteiger partial charge on any atom is -0.317 e. The summed E-state index contributed by atoms with van der Waals surface area (Å²) in [5.41, 5.74) is 1.60. The number of pyridine rings is 2. The van der Waals surface area contributed by atoms with Crippen LogP contribution in [0.3, 0.4) is 0 Å². The van der Waals surface area contributed by atoms with Crippen LogP contribution < -0.4 is 10.9 Å². The van der Waals surface area contributed by atoms with E-state index in [9.17, 15) is 4.79 Å². The summed E-state index contributed by atoms with van der Waals surface area (Å²) in [6, 6.07) is 5.88. The number of hydrogen-bond acceptors (Lipinski definition) is 3. The van der Waals surface area contributed by atoms with Crippen LogP contribution in [0.2, 0.25) is 0 Å². The molecule has 3 rings (SSSR count). The lowest BCUT2D eigenvalue weighted by Crippen LogP contribution is -2.29. The molecule has 2 N–H and O–H groups in total. The number of halogens is 2. The Labute approximate surface area is 123 Å². The zero-order valence-corrected chi connectivity index (χ0v) is 12.0. The molecule has 0 spiro atoms. The lowest BCUT2D eigenvalue weighted by molar-refractivity contribution is 0.458. The molecule has 6 heteroatoms. The molecule has 2 aromatic rings. The first-order chi connectivity index (χ1) is 8.34. The van der Waals surface area contributed by atoms with Crippen LogP contribution in [0.1, 0.15) is 24.3 Å². The summed E-state index contributed by atoms with van der Waals surface area (Å²) in [6.07, 6.45) is 3.77. The van der Waals surface area contributed by atoms with Crippen molar-refractivity contribution in [2.45, 2.75) is 18.8 Å². The van der Waals surface area contributed by atoms with Crippen LogP contribution in [0, 0.1) is 0 Å². The zero-order valence-electron chi connectivity index (χ0n) is 10.4. The highest BCUT2D eigenvalue weighted by Crippen LogP contribution is 2.23. The van der Waals surface area contributed by atoms with Gasteiger partial charge < -0.3 is 10.3 Å². The van der Waals surface area contributed by atoms with Crippen molar-refractivity contribution in [3.63, 3.8) is 0 Å². The Kier molecular flexibility index (Phi) is 5.79. The van der Waals surface area contributed by atoms with Crippen LogP contribution >= 0.6 is 24.8 Å². The first kappa shape index (κ1) is 16.0. The molecule has 0 aliphatic carbocycles. The Bertz CT molecular complexity index is 594. The lowest BCUT2D eigenvalue weighted by Gasteiger charge is -2.22. The third kappa shape index (κ3) is 3.26. The highest BCUT2D eigenvalue weighted by Gasteiger charge is 2.18.